The van der Waals surface area contributed by atoms with E-state index in [-0.39, 0.29) is 0 Å². The van der Waals surface area contributed by atoms with Gasteiger partial charge in [0.2, 0.25) is 0 Å². The Kier molecular flexibility index (Phi) is 3.55. The van der Waals surface area contributed by atoms with Gasteiger partial charge in [-0.05, 0) is 43.2 Å². The highest BCUT2D eigenvalue weighted by Crippen LogP contribution is 2.41. The molecule has 98 valence electrons. The maximum absolute atomic E-state index is 5.46. The highest BCUT2D eigenvalue weighted by Gasteiger charge is 2.26. The minimum absolute atomic E-state index is 0.470. The van der Waals surface area contributed by atoms with Gasteiger partial charge >= 0.3 is 0 Å². The lowest BCUT2D eigenvalue weighted by atomic mass is 9.79. The van der Waals surface area contributed by atoms with Crippen LogP contribution in [0.2, 0.25) is 0 Å². The van der Waals surface area contributed by atoms with Crippen molar-refractivity contribution in [1.29, 1.82) is 0 Å². The molecule has 0 N–H and O–H groups in total. The molecule has 0 atom stereocenters. The molecule has 2 heteroatoms. The minimum Gasteiger partial charge on any atom is -0.381 e. The average Bonchev–Trinajstić information content (AvgIpc) is 2.38. The van der Waals surface area contributed by atoms with Crippen molar-refractivity contribution >= 4 is 5.69 Å². The number of anilines is 1. The van der Waals surface area contributed by atoms with E-state index in [1.807, 2.05) is 7.11 Å². The third-order valence-corrected chi connectivity index (χ3v) is 4.60. The van der Waals surface area contributed by atoms with Gasteiger partial charge in [-0.2, -0.15) is 0 Å². The number of rotatable bonds is 3. The van der Waals surface area contributed by atoms with E-state index in [9.17, 15) is 0 Å². The Bertz CT molecular complexity index is 392. The fourth-order valence-corrected chi connectivity index (χ4v) is 3.17. The lowest BCUT2D eigenvalue weighted by Gasteiger charge is -2.37. The van der Waals surface area contributed by atoms with Gasteiger partial charge in [-0.3, -0.25) is 0 Å². The Morgan fingerprint density at radius 2 is 1.78 bits per heavy atom. The molecule has 3 rings (SSSR count). The summed E-state index contributed by atoms with van der Waals surface area (Å²) >= 11 is 0. The molecule has 1 saturated carbocycles. The molecular weight excluding hydrogens is 222 g/mol. The molecule has 1 aliphatic heterocycles. The second-order valence-electron chi connectivity index (χ2n) is 5.61. The molecule has 2 nitrogen and oxygen atoms in total. The number of methoxy groups -OCH3 is 1. The van der Waals surface area contributed by atoms with Gasteiger partial charge in [-0.1, -0.05) is 24.6 Å². The van der Waals surface area contributed by atoms with Crippen molar-refractivity contribution in [3.05, 3.63) is 29.8 Å². The molecule has 2 aliphatic rings. The van der Waals surface area contributed by atoms with Gasteiger partial charge < -0.3 is 9.64 Å². The highest BCUT2D eigenvalue weighted by molar-refractivity contribution is 5.56. The van der Waals surface area contributed by atoms with E-state index in [1.54, 1.807) is 5.56 Å². The summed E-state index contributed by atoms with van der Waals surface area (Å²) in [5.41, 5.74) is 3.07. The number of benzene rings is 1. The molecule has 0 spiro atoms. The van der Waals surface area contributed by atoms with Crippen LogP contribution in [0.5, 0.6) is 0 Å². The molecule has 0 bridgehead atoms. The molecule has 1 aromatic carbocycles. The number of nitrogens with zero attached hydrogens (tertiary/aromatic N) is 1. The largest absolute Gasteiger partial charge is 0.381 e. The Morgan fingerprint density at radius 1 is 1.06 bits per heavy atom. The van der Waals surface area contributed by atoms with Gasteiger partial charge in [-0.25, -0.2) is 0 Å². The maximum Gasteiger partial charge on any atom is 0.0605 e. The van der Waals surface area contributed by atoms with Crippen LogP contribution in [0.4, 0.5) is 5.69 Å². The van der Waals surface area contributed by atoms with Crippen LogP contribution in [-0.2, 0) is 4.74 Å². The summed E-state index contributed by atoms with van der Waals surface area (Å²) in [6, 6.07) is 9.02. The zero-order chi connectivity index (χ0) is 12.4. The lowest BCUT2D eigenvalue weighted by molar-refractivity contribution is 0.0818. The molecule has 1 aliphatic carbocycles. The fourth-order valence-electron chi connectivity index (χ4n) is 3.17. The van der Waals surface area contributed by atoms with Crippen LogP contribution in [0.15, 0.2) is 24.3 Å². The minimum atomic E-state index is 0.470. The number of hydrogen-bond acceptors (Lipinski definition) is 2. The number of hydrogen-bond donors (Lipinski definition) is 0. The zero-order valence-electron chi connectivity index (χ0n) is 11.3. The summed E-state index contributed by atoms with van der Waals surface area (Å²) in [4.78, 5) is 2.56. The predicted octanol–water partition coefficient (Wildman–Crippen LogP) is 3.57. The van der Waals surface area contributed by atoms with Gasteiger partial charge in [-0.15, -0.1) is 0 Å². The number of ether oxygens (including phenoxy) is 1. The molecule has 18 heavy (non-hydrogen) atoms. The molecule has 1 heterocycles. The van der Waals surface area contributed by atoms with Gasteiger partial charge in [0.05, 0.1) is 6.10 Å². The molecule has 0 radical (unpaired) electrons. The molecule has 2 fully saturated rings. The topological polar surface area (TPSA) is 12.5 Å². The third-order valence-electron chi connectivity index (χ3n) is 4.60. The first-order valence-corrected chi connectivity index (χ1v) is 7.25. The monoisotopic (exact) mass is 245 g/mol. The smallest absolute Gasteiger partial charge is 0.0605 e. The number of para-hydroxylation sites is 1. The number of piperidine rings is 1. The normalized spacial score (nSPS) is 21.9. The van der Waals surface area contributed by atoms with Crippen LogP contribution in [0, 0.1) is 0 Å². The van der Waals surface area contributed by atoms with Crippen molar-refractivity contribution in [2.45, 2.75) is 44.1 Å². The first kappa shape index (κ1) is 12.0. The van der Waals surface area contributed by atoms with E-state index < -0.39 is 0 Å². The van der Waals surface area contributed by atoms with Crippen molar-refractivity contribution in [1.82, 2.24) is 0 Å². The highest BCUT2D eigenvalue weighted by atomic mass is 16.5. The zero-order valence-corrected chi connectivity index (χ0v) is 11.3. The Hall–Kier alpha value is -1.02. The van der Waals surface area contributed by atoms with Crippen LogP contribution in [0.3, 0.4) is 0 Å². The first-order chi connectivity index (χ1) is 8.88. The van der Waals surface area contributed by atoms with Crippen molar-refractivity contribution in [3.8, 4) is 0 Å². The van der Waals surface area contributed by atoms with Crippen LogP contribution in [0.1, 0.15) is 43.6 Å². The summed E-state index contributed by atoms with van der Waals surface area (Å²) in [7, 11) is 1.84. The summed E-state index contributed by atoms with van der Waals surface area (Å²) in [6.45, 7) is 2.28. The third kappa shape index (κ3) is 2.26. The molecule has 0 aromatic heterocycles. The van der Waals surface area contributed by atoms with Crippen LogP contribution >= 0.6 is 0 Å². The average molecular weight is 245 g/mol. The van der Waals surface area contributed by atoms with Gasteiger partial charge in [0, 0.05) is 25.9 Å². The van der Waals surface area contributed by atoms with Crippen LogP contribution in [-0.4, -0.2) is 26.3 Å². The standard InChI is InChI=1S/C16H23NO/c1-18-14-9-11-17(12-10-14)16-8-3-2-7-15(16)13-5-4-6-13/h2-3,7-8,13-14H,4-6,9-12H2,1H3. The van der Waals surface area contributed by atoms with E-state index in [0.717, 1.165) is 31.8 Å². The Labute approximate surface area is 110 Å². The Morgan fingerprint density at radius 3 is 2.39 bits per heavy atom. The molecule has 0 unspecified atom stereocenters. The molecule has 1 saturated heterocycles. The SMILES string of the molecule is COC1CCN(c2ccccc2C2CCC2)CC1. The van der Waals surface area contributed by atoms with Crippen molar-refractivity contribution in [3.63, 3.8) is 0 Å². The van der Waals surface area contributed by atoms with Crippen LogP contribution < -0.4 is 4.90 Å². The first-order valence-electron chi connectivity index (χ1n) is 7.25. The second-order valence-corrected chi connectivity index (χ2v) is 5.61. The summed E-state index contributed by atoms with van der Waals surface area (Å²) in [6.07, 6.45) is 6.96. The van der Waals surface area contributed by atoms with Gasteiger partial charge in [0.1, 0.15) is 0 Å². The summed E-state index contributed by atoms with van der Waals surface area (Å²) in [5.74, 6) is 0.821. The van der Waals surface area contributed by atoms with Gasteiger partial charge in [0.15, 0.2) is 0 Å². The lowest BCUT2D eigenvalue weighted by Crippen LogP contribution is -2.37. The molecule has 1 aromatic rings. The van der Waals surface area contributed by atoms with E-state index in [0.29, 0.717) is 6.10 Å². The van der Waals surface area contributed by atoms with E-state index in [4.69, 9.17) is 4.74 Å². The molecule has 0 amide bonds. The second kappa shape index (κ2) is 5.31. The predicted molar refractivity (Wildman–Crippen MR) is 75.3 cm³/mol. The Balaban J connectivity index is 1.75. The van der Waals surface area contributed by atoms with Crippen molar-refractivity contribution < 1.29 is 4.74 Å². The van der Waals surface area contributed by atoms with E-state index in [1.165, 1.54) is 24.9 Å². The van der Waals surface area contributed by atoms with E-state index in [2.05, 4.69) is 29.2 Å². The van der Waals surface area contributed by atoms with Crippen LogP contribution in [0.25, 0.3) is 0 Å². The summed E-state index contributed by atoms with van der Waals surface area (Å²) in [5, 5.41) is 0. The molecular formula is C16H23NO. The maximum atomic E-state index is 5.46. The van der Waals surface area contributed by atoms with Crippen molar-refractivity contribution in [2.24, 2.45) is 0 Å². The van der Waals surface area contributed by atoms with Gasteiger partial charge in [0.25, 0.3) is 0 Å². The summed E-state index contributed by atoms with van der Waals surface area (Å²) < 4.78 is 5.46. The van der Waals surface area contributed by atoms with Crippen molar-refractivity contribution in [2.75, 3.05) is 25.1 Å². The van der Waals surface area contributed by atoms with E-state index >= 15 is 0 Å². The fraction of sp³-hybridized carbons (Fsp3) is 0.625. The quantitative estimate of drug-likeness (QED) is 0.807.